The van der Waals surface area contributed by atoms with E-state index in [1.54, 1.807) is 6.92 Å². The molecule has 0 fully saturated rings. The summed E-state index contributed by atoms with van der Waals surface area (Å²) in [7, 11) is 0. The van der Waals surface area contributed by atoms with Gasteiger partial charge in [0.05, 0.1) is 6.42 Å². The molecule has 16 heavy (non-hydrogen) atoms. The van der Waals surface area contributed by atoms with Crippen LogP contribution in [0.3, 0.4) is 0 Å². The van der Waals surface area contributed by atoms with Crippen molar-refractivity contribution in [2.45, 2.75) is 13.3 Å². The number of nitrogens with one attached hydrogen (secondary N) is 2. The van der Waals surface area contributed by atoms with Crippen LogP contribution in [0.25, 0.3) is 0 Å². The quantitative estimate of drug-likeness (QED) is 0.594. The lowest BCUT2D eigenvalue weighted by molar-refractivity contribution is 0.521. The van der Waals surface area contributed by atoms with Gasteiger partial charge in [0.15, 0.2) is 0 Å². The summed E-state index contributed by atoms with van der Waals surface area (Å²) in [5, 5.41) is 7.10. The Balaban J connectivity index is 2.42. The van der Waals surface area contributed by atoms with Crippen LogP contribution in [0.15, 0.2) is 14.0 Å². The van der Waals surface area contributed by atoms with Crippen LogP contribution in [-0.2, 0) is 6.42 Å². The monoisotopic (exact) mass is 223 g/mol. The highest BCUT2D eigenvalue weighted by Gasteiger charge is 2.11. The zero-order valence-corrected chi connectivity index (χ0v) is 8.40. The minimum absolute atomic E-state index is 0.0616. The second-order valence-electron chi connectivity index (χ2n) is 3.22. The van der Waals surface area contributed by atoms with Crippen LogP contribution in [0, 0.1) is 6.92 Å². The van der Waals surface area contributed by atoms with E-state index in [0.717, 1.165) is 0 Å². The van der Waals surface area contributed by atoms with E-state index < -0.39 is 11.2 Å². The molecule has 4 N–H and O–H groups in total. The van der Waals surface area contributed by atoms with E-state index in [4.69, 9.17) is 10.2 Å². The average Bonchev–Trinajstić information content (AvgIpc) is 2.58. The summed E-state index contributed by atoms with van der Waals surface area (Å²) in [4.78, 5) is 27.0. The Kier molecular flexibility index (Phi) is 2.31. The van der Waals surface area contributed by atoms with Crippen molar-refractivity contribution in [3.63, 3.8) is 0 Å². The summed E-state index contributed by atoms with van der Waals surface area (Å²) in [6, 6.07) is -0.0616. The lowest BCUT2D eigenvalue weighted by Crippen LogP contribution is -2.27. The fourth-order valence-corrected chi connectivity index (χ4v) is 1.33. The van der Waals surface area contributed by atoms with Crippen molar-refractivity contribution in [2.24, 2.45) is 0 Å². The molecular weight excluding hydrogens is 214 g/mol. The standard InChI is InChI=1S/C8H9N5O3/c1-3-4(6(14)11-8(15)10-3)2-5-12-13-7(9)16-5/h2H2,1H3,(H2,9,13)(H2,10,11,14,15). The van der Waals surface area contributed by atoms with E-state index in [1.807, 2.05) is 0 Å². The zero-order valence-electron chi connectivity index (χ0n) is 8.40. The number of anilines is 1. The third-order valence-corrected chi connectivity index (χ3v) is 2.07. The van der Waals surface area contributed by atoms with Gasteiger partial charge in [-0.1, -0.05) is 5.10 Å². The fourth-order valence-electron chi connectivity index (χ4n) is 1.33. The van der Waals surface area contributed by atoms with E-state index >= 15 is 0 Å². The molecule has 8 heteroatoms. The molecule has 2 heterocycles. The predicted octanol–water partition coefficient (Wildman–Crippen LogP) is -1.07. The van der Waals surface area contributed by atoms with E-state index in [9.17, 15) is 9.59 Å². The number of aromatic nitrogens is 4. The maximum absolute atomic E-state index is 11.5. The first kappa shape index (κ1) is 10.1. The molecule has 0 bridgehead atoms. The lowest BCUT2D eigenvalue weighted by atomic mass is 10.2. The zero-order chi connectivity index (χ0) is 11.7. The summed E-state index contributed by atoms with van der Waals surface area (Å²) >= 11 is 0. The van der Waals surface area contributed by atoms with Crippen molar-refractivity contribution in [1.82, 2.24) is 20.2 Å². The largest absolute Gasteiger partial charge is 0.408 e. The Labute approximate surface area is 88.5 Å². The maximum atomic E-state index is 11.5. The summed E-state index contributed by atoms with van der Waals surface area (Å²) in [5.74, 6) is 0.221. The van der Waals surface area contributed by atoms with E-state index in [2.05, 4.69) is 20.2 Å². The number of nitrogens with two attached hydrogens (primary N) is 1. The molecule has 8 nitrogen and oxygen atoms in total. The van der Waals surface area contributed by atoms with Gasteiger partial charge < -0.3 is 15.1 Å². The highest BCUT2D eigenvalue weighted by Crippen LogP contribution is 2.06. The molecular formula is C8H9N5O3. The van der Waals surface area contributed by atoms with Crippen molar-refractivity contribution in [3.05, 3.63) is 38.0 Å². The second kappa shape index (κ2) is 3.65. The summed E-state index contributed by atoms with van der Waals surface area (Å²) in [5.41, 5.74) is 5.06. The molecule has 0 atom stereocenters. The van der Waals surface area contributed by atoms with Gasteiger partial charge in [0, 0.05) is 11.3 Å². The number of hydrogen-bond donors (Lipinski definition) is 3. The van der Waals surface area contributed by atoms with Crippen molar-refractivity contribution in [3.8, 4) is 0 Å². The number of H-pyrrole nitrogens is 2. The molecule has 0 saturated carbocycles. The summed E-state index contributed by atoms with van der Waals surface area (Å²) in [6.07, 6.45) is 0.127. The number of nitrogens with zero attached hydrogens (tertiary/aromatic N) is 2. The van der Waals surface area contributed by atoms with Crippen LogP contribution >= 0.6 is 0 Å². The van der Waals surface area contributed by atoms with Crippen LogP contribution < -0.4 is 17.0 Å². The molecule has 2 aromatic rings. The highest BCUT2D eigenvalue weighted by molar-refractivity contribution is 5.19. The Bertz CT molecular complexity index is 623. The van der Waals surface area contributed by atoms with Gasteiger partial charge in [0.25, 0.3) is 5.56 Å². The van der Waals surface area contributed by atoms with E-state index in [0.29, 0.717) is 11.3 Å². The normalized spacial score (nSPS) is 10.6. The maximum Gasteiger partial charge on any atom is 0.325 e. The Hall–Kier alpha value is -2.38. The van der Waals surface area contributed by atoms with Gasteiger partial charge in [0.1, 0.15) is 0 Å². The number of aromatic amines is 2. The molecule has 0 spiro atoms. The van der Waals surface area contributed by atoms with Crippen molar-refractivity contribution < 1.29 is 4.42 Å². The van der Waals surface area contributed by atoms with Gasteiger partial charge in [-0.15, -0.1) is 5.10 Å². The number of hydrogen-bond acceptors (Lipinski definition) is 6. The molecule has 0 aliphatic rings. The summed E-state index contributed by atoms with van der Waals surface area (Å²) < 4.78 is 4.94. The molecule has 84 valence electrons. The smallest absolute Gasteiger partial charge is 0.325 e. The Morgan fingerprint density at radius 3 is 2.62 bits per heavy atom. The Morgan fingerprint density at radius 2 is 2.06 bits per heavy atom. The lowest BCUT2D eigenvalue weighted by Gasteiger charge is -1.99. The average molecular weight is 223 g/mol. The van der Waals surface area contributed by atoms with Gasteiger partial charge in [-0.05, 0) is 6.92 Å². The van der Waals surface area contributed by atoms with Gasteiger partial charge >= 0.3 is 11.7 Å². The minimum Gasteiger partial charge on any atom is -0.408 e. The SMILES string of the molecule is Cc1[nH]c(=O)[nH]c(=O)c1Cc1nnc(N)o1. The highest BCUT2D eigenvalue weighted by atomic mass is 16.4. The van der Waals surface area contributed by atoms with Crippen LogP contribution in [-0.4, -0.2) is 20.2 Å². The van der Waals surface area contributed by atoms with Crippen LogP contribution in [0.2, 0.25) is 0 Å². The predicted molar refractivity (Wildman–Crippen MR) is 53.9 cm³/mol. The molecule has 0 unspecified atom stereocenters. The molecule has 2 rings (SSSR count). The molecule has 0 radical (unpaired) electrons. The van der Waals surface area contributed by atoms with Crippen molar-refractivity contribution in [1.29, 1.82) is 0 Å². The van der Waals surface area contributed by atoms with Crippen molar-refractivity contribution in [2.75, 3.05) is 5.73 Å². The number of rotatable bonds is 2. The first-order chi connectivity index (χ1) is 7.56. The molecule has 0 saturated heterocycles. The van der Waals surface area contributed by atoms with Gasteiger partial charge in [-0.3, -0.25) is 9.78 Å². The van der Waals surface area contributed by atoms with Crippen LogP contribution in [0.4, 0.5) is 6.01 Å². The van der Waals surface area contributed by atoms with Gasteiger partial charge in [-0.25, -0.2) is 4.79 Å². The van der Waals surface area contributed by atoms with Crippen molar-refractivity contribution >= 4 is 6.01 Å². The van der Waals surface area contributed by atoms with E-state index in [1.165, 1.54) is 0 Å². The topological polar surface area (TPSA) is 131 Å². The third kappa shape index (κ3) is 1.85. The van der Waals surface area contributed by atoms with E-state index in [-0.39, 0.29) is 18.3 Å². The van der Waals surface area contributed by atoms with Crippen LogP contribution in [0.5, 0.6) is 0 Å². The molecule has 0 amide bonds. The molecule has 0 aliphatic heterocycles. The number of aryl methyl sites for hydroxylation is 1. The Morgan fingerprint density at radius 1 is 1.31 bits per heavy atom. The fraction of sp³-hybridized carbons (Fsp3) is 0.250. The molecule has 2 aromatic heterocycles. The van der Waals surface area contributed by atoms with Gasteiger partial charge in [0.2, 0.25) is 5.89 Å². The number of nitrogen functional groups attached to an aromatic ring is 1. The van der Waals surface area contributed by atoms with Gasteiger partial charge in [-0.2, -0.15) is 0 Å². The molecule has 0 aliphatic carbocycles. The first-order valence-corrected chi connectivity index (χ1v) is 4.46. The first-order valence-electron chi connectivity index (χ1n) is 4.46. The summed E-state index contributed by atoms with van der Waals surface area (Å²) in [6.45, 7) is 1.62. The second-order valence-corrected chi connectivity index (χ2v) is 3.22. The molecule has 0 aromatic carbocycles. The van der Waals surface area contributed by atoms with Crippen LogP contribution in [0.1, 0.15) is 17.1 Å². The third-order valence-electron chi connectivity index (χ3n) is 2.07. The minimum atomic E-state index is -0.545.